The number of benzene rings is 2. The van der Waals surface area contributed by atoms with Gasteiger partial charge in [0.2, 0.25) is 5.91 Å². The van der Waals surface area contributed by atoms with Crippen molar-refractivity contribution in [1.82, 2.24) is 25.1 Å². The number of aromatic nitrogens is 4. The average Bonchev–Trinajstić information content (AvgIpc) is 3.38. The number of rotatable bonds is 8. The van der Waals surface area contributed by atoms with Gasteiger partial charge in [0.25, 0.3) is 0 Å². The molecule has 3 N–H and O–H groups in total. The maximum atomic E-state index is 12.1. The molecule has 2 amide bonds. The van der Waals surface area contributed by atoms with Gasteiger partial charge in [-0.2, -0.15) is 5.10 Å². The lowest BCUT2D eigenvalue weighted by Gasteiger charge is -2.10. The second kappa shape index (κ2) is 10.7. The van der Waals surface area contributed by atoms with Gasteiger partial charge in [-0.15, -0.1) is 0 Å². The van der Waals surface area contributed by atoms with Crippen LogP contribution in [0.5, 0.6) is 0 Å². The Balaban J connectivity index is 1.26. The summed E-state index contributed by atoms with van der Waals surface area (Å²) in [6.07, 6.45) is 2.83. The molecule has 172 valence electrons. The smallest absolute Gasteiger partial charge is 0.407 e. The molecule has 0 unspecified atom stereocenters. The van der Waals surface area contributed by atoms with Crippen LogP contribution in [-0.4, -0.2) is 38.3 Å². The summed E-state index contributed by atoms with van der Waals surface area (Å²) in [5.41, 5.74) is 2.24. The molecule has 10 heteroatoms. The highest BCUT2D eigenvalue weighted by Gasteiger charge is 2.08. The van der Waals surface area contributed by atoms with Crippen LogP contribution in [0.15, 0.2) is 79.1 Å². The summed E-state index contributed by atoms with van der Waals surface area (Å²) >= 11 is 0. The molecule has 34 heavy (non-hydrogen) atoms. The molecule has 0 atom stereocenters. The summed E-state index contributed by atoms with van der Waals surface area (Å²) in [5, 5.41) is 12.6. The van der Waals surface area contributed by atoms with Gasteiger partial charge in [0.05, 0.1) is 0 Å². The van der Waals surface area contributed by atoms with E-state index in [1.165, 1.54) is 0 Å². The van der Waals surface area contributed by atoms with Gasteiger partial charge in [0, 0.05) is 29.8 Å². The summed E-state index contributed by atoms with van der Waals surface area (Å²) in [7, 11) is 0. The van der Waals surface area contributed by atoms with Crippen molar-refractivity contribution in [2.24, 2.45) is 0 Å². The second-order valence-corrected chi connectivity index (χ2v) is 7.28. The molecular formula is C24H23N7O3. The van der Waals surface area contributed by atoms with E-state index in [1.54, 1.807) is 35.3 Å². The van der Waals surface area contributed by atoms with E-state index in [0.717, 1.165) is 11.3 Å². The van der Waals surface area contributed by atoms with Gasteiger partial charge in [0.15, 0.2) is 5.82 Å². The molecule has 0 aliphatic heterocycles. The van der Waals surface area contributed by atoms with Crippen molar-refractivity contribution >= 4 is 29.2 Å². The molecule has 4 rings (SSSR count). The maximum absolute atomic E-state index is 12.1. The molecule has 2 heterocycles. The summed E-state index contributed by atoms with van der Waals surface area (Å²) in [6, 6.07) is 20.0. The van der Waals surface area contributed by atoms with Crippen LogP contribution >= 0.6 is 0 Å². The minimum Gasteiger partial charge on any atom is -0.445 e. The Bertz CT molecular complexity index is 1240. The van der Waals surface area contributed by atoms with Gasteiger partial charge in [0.1, 0.15) is 24.8 Å². The quantitative estimate of drug-likeness (QED) is 0.369. The molecule has 0 spiro atoms. The zero-order valence-electron chi connectivity index (χ0n) is 18.4. The monoisotopic (exact) mass is 457 g/mol. The van der Waals surface area contributed by atoms with Crippen LogP contribution in [0.1, 0.15) is 11.4 Å². The number of ether oxygens (including phenoxy) is 1. The number of hydrogen-bond donors (Lipinski definition) is 3. The first kappa shape index (κ1) is 22.5. The number of nitrogens with one attached hydrogen (secondary N) is 3. The number of carbonyl (C=O) groups is 2. The molecule has 0 saturated heterocycles. The van der Waals surface area contributed by atoms with Crippen molar-refractivity contribution in [2.45, 2.75) is 13.5 Å². The predicted octanol–water partition coefficient (Wildman–Crippen LogP) is 3.58. The highest BCUT2D eigenvalue weighted by molar-refractivity contribution is 5.94. The van der Waals surface area contributed by atoms with Crippen LogP contribution in [-0.2, 0) is 16.1 Å². The minimum absolute atomic E-state index is 0.137. The molecule has 4 aromatic rings. The summed E-state index contributed by atoms with van der Waals surface area (Å²) < 4.78 is 6.74. The lowest BCUT2D eigenvalue weighted by atomic mass is 10.2. The van der Waals surface area contributed by atoms with Crippen LogP contribution < -0.4 is 16.0 Å². The first-order chi connectivity index (χ1) is 16.5. The van der Waals surface area contributed by atoms with Crippen LogP contribution in [0, 0.1) is 6.92 Å². The first-order valence-corrected chi connectivity index (χ1v) is 10.5. The Labute approximate surface area is 196 Å². The van der Waals surface area contributed by atoms with E-state index in [2.05, 4.69) is 31.0 Å². The SMILES string of the molecule is Cc1nc(Nc2ccc(NC(=O)CNC(=O)OCc3ccccc3)cc2)cc(-n2cccn2)n1. The maximum Gasteiger partial charge on any atom is 0.407 e. The number of alkyl carbamates (subject to hydrolysis) is 1. The largest absolute Gasteiger partial charge is 0.445 e. The van der Waals surface area contributed by atoms with Crippen molar-refractivity contribution in [3.8, 4) is 5.82 Å². The van der Waals surface area contributed by atoms with Crippen molar-refractivity contribution in [3.05, 3.63) is 90.5 Å². The van der Waals surface area contributed by atoms with Gasteiger partial charge in [-0.3, -0.25) is 4.79 Å². The Hall–Kier alpha value is -4.73. The molecule has 10 nitrogen and oxygen atoms in total. The van der Waals surface area contributed by atoms with Crippen LogP contribution in [0.2, 0.25) is 0 Å². The number of anilines is 3. The summed E-state index contributed by atoms with van der Waals surface area (Å²) in [5.74, 6) is 1.51. The lowest BCUT2D eigenvalue weighted by Crippen LogP contribution is -2.33. The van der Waals surface area contributed by atoms with Crippen LogP contribution in [0.3, 0.4) is 0 Å². The zero-order valence-corrected chi connectivity index (χ0v) is 18.4. The van der Waals surface area contributed by atoms with E-state index in [1.807, 2.05) is 55.5 Å². The van der Waals surface area contributed by atoms with E-state index in [4.69, 9.17) is 4.74 Å². The van der Waals surface area contributed by atoms with E-state index < -0.39 is 6.09 Å². The second-order valence-electron chi connectivity index (χ2n) is 7.28. The molecule has 0 bridgehead atoms. The average molecular weight is 457 g/mol. The van der Waals surface area contributed by atoms with Crippen molar-refractivity contribution < 1.29 is 14.3 Å². The molecular weight excluding hydrogens is 434 g/mol. The highest BCUT2D eigenvalue weighted by atomic mass is 16.5. The zero-order chi connectivity index (χ0) is 23.8. The third-order valence-corrected chi connectivity index (χ3v) is 4.61. The summed E-state index contributed by atoms with van der Waals surface area (Å²) in [4.78, 5) is 32.7. The normalized spacial score (nSPS) is 10.4. The van der Waals surface area contributed by atoms with Crippen molar-refractivity contribution in [2.75, 3.05) is 17.2 Å². The van der Waals surface area contributed by atoms with Crippen LogP contribution in [0.4, 0.5) is 22.0 Å². The molecule has 2 aromatic heterocycles. The number of carbonyl (C=O) groups excluding carboxylic acids is 2. The Morgan fingerprint density at radius 2 is 1.74 bits per heavy atom. The van der Waals surface area contributed by atoms with E-state index >= 15 is 0 Å². The minimum atomic E-state index is -0.659. The fourth-order valence-electron chi connectivity index (χ4n) is 3.05. The lowest BCUT2D eigenvalue weighted by molar-refractivity contribution is -0.115. The number of nitrogens with zero attached hydrogens (tertiary/aromatic N) is 4. The van der Waals surface area contributed by atoms with Gasteiger partial charge in [-0.1, -0.05) is 30.3 Å². The fourth-order valence-corrected chi connectivity index (χ4v) is 3.05. The third kappa shape index (κ3) is 6.39. The Morgan fingerprint density at radius 3 is 2.47 bits per heavy atom. The van der Waals surface area contributed by atoms with E-state index in [0.29, 0.717) is 23.1 Å². The van der Waals surface area contributed by atoms with Crippen LogP contribution in [0.25, 0.3) is 5.82 Å². The van der Waals surface area contributed by atoms with Gasteiger partial charge < -0.3 is 20.7 Å². The Morgan fingerprint density at radius 1 is 0.971 bits per heavy atom. The van der Waals surface area contributed by atoms with Gasteiger partial charge in [-0.25, -0.2) is 19.4 Å². The standard InChI is InChI=1S/C24H23N7O3/c1-17-27-21(14-22(28-17)31-13-5-12-26-31)29-19-8-10-20(11-9-19)30-23(32)15-25-24(33)34-16-18-6-3-2-4-7-18/h2-14H,15-16H2,1H3,(H,25,33)(H,30,32)(H,27,28,29). The number of amides is 2. The Kier molecular flexibility index (Phi) is 7.09. The molecule has 0 aliphatic carbocycles. The van der Waals surface area contributed by atoms with E-state index in [9.17, 15) is 9.59 Å². The molecule has 0 fully saturated rings. The van der Waals surface area contributed by atoms with Gasteiger partial charge >= 0.3 is 6.09 Å². The van der Waals surface area contributed by atoms with Crippen molar-refractivity contribution in [1.29, 1.82) is 0 Å². The molecule has 0 radical (unpaired) electrons. The molecule has 0 aliphatic rings. The fraction of sp³-hybridized carbons (Fsp3) is 0.125. The van der Waals surface area contributed by atoms with Crippen molar-refractivity contribution in [3.63, 3.8) is 0 Å². The molecule has 2 aromatic carbocycles. The third-order valence-electron chi connectivity index (χ3n) is 4.61. The first-order valence-electron chi connectivity index (χ1n) is 10.5. The predicted molar refractivity (Wildman–Crippen MR) is 127 cm³/mol. The number of hydrogen-bond acceptors (Lipinski definition) is 7. The molecule has 0 saturated carbocycles. The van der Waals surface area contributed by atoms with E-state index in [-0.39, 0.29) is 19.1 Å². The topological polar surface area (TPSA) is 123 Å². The summed E-state index contributed by atoms with van der Waals surface area (Å²) in [6.45, 7) is 1.74. The highest BCUT2D eigenvalue weighted by Crippen LogP contribution is 2.19. The number of aryl methyl sites for hydroxylation is 1. The van der Waals surface area contributed by atoms with Gasteiger partial charge in [-0.05, 0) is 42.8 Å².